The molecule has 3 rings (SSSR count). The molecule has 1 aromatic heterocycles. The van der Waals surface area contributed by atoms with Gasteiger partial charge in [0.05, 0.1) is 0 Å². The van der Waals surface area contributed by atoms with E-state index in [-0.39, 0.29) is 0 Å². The lowest BCUT2D eigenvalue weighted by Crippen LogP contribution is -2.34. The first-order valence-corrected chi connectivity index (χ1v) is 4.85. The summed E-state index contributed by atoms with van der Waals surface area (Å²) in [6.45, 7) is 0.928. The lowest BCUT2D eigenvalue weighted by atomic mass is 10.2. The molecule has 0 spiro atoms. The van der Waals surface area contributed by atoms with Crippen LogP contribution in [0.2, 0.25) is 0 Å². The first kappa shape index (κ1) is 7.68. The van der Waals surface area contributed by atoms with E-state index in [1.54, 1.807) is 0 Å². The summed E-state index contributed by atoms with van der Waals surface area (Å²) in [4.78, 5) is 0. The van der Waals surface area contributed by atoms with Crippen molar-refractivity contribution in [3.05, 3.63) is 34.8 Å². The predicted molar refractivity (Wildman–Crippen MR) is 59.1 cm³/mol. The first-order chi connectivity index (χ1) is 6.88. The highest BCUT2D eigenvalue weighted by Gasteiger charge is 2.04. The fourth-order valence-corrected chi connectivity index (χ4v) is 2.16. The normalized spacial score (nSPS) is 14.1. The van der Waals surface area contributed by atoms with E-state index in [0.717, 1.165) is 6.54 Å². The van der Waals surface area contributed by atoms with Crippen LogP contribution in [0, 0.1) is 0 Å². The Morgan fingerprint density at radius 1 is 1.29 bits per heavy atom. The van der Waals surface area contributed by atoms with Crippen LogP contribution in [-0.4, -0.2) is 11.1 Å². The van der Waals surface area contributed by atoms with Crippen molar-refractivity contribution in [3.63, 3.8) is 0 Å². The maximum Gasteiger partial charge on any atom is 0.0489 e. The molecular weight excluding hydrogens is 172 g/mol. The largest absolute Gasteiger partial charge is 0.387 e. The number of hydrogen-bond donors (Lipinski definition) is 1. The number of benzene rings is 1. The lowest BCUT2D eigenvalue weighted by Gasteiger charge is -2.00. The number of fused-ring (bicyclic) bond motifs is 3. The van der Waals surface area contributed by atoms with Gasteiger partial charge >= 0.3 is 0 Å². The van der Waals surface area contributed by atoms with Crippen molar-refractivity contribution in [2.24, 2.45) is 7.05 Å². The summed E-state index contributed by atoms with van der Waals surface area (Å²) < 4.78 is 2.25. The summed E-state index contributed by atoms with van der Waals surface area (Å²) in [5.41, 5.74) is 1.30. The van der Waals surface area contributed by atoms with Crippen LogP contribution >= 0.6 is 0 Å². The molecule has 0 atom stereocenters. The predicted octanol–water partition coefficient (Wildman–Crippen LogP) is 0.300. The Balaban J connectivity index is 2.68. The van der Waals surface area contributed by atoms with Crippen LogP contribution < -0.4 is 15.9 Å². The van der Waals surface area contributed by atoms with E-state index in [2.05, 4.69) is 53.5 Å². The Bertz CT molecular complexity index is 605. The zero-order valence-electron chi connectivity index (χ0n) is 8.12. The SMILES string of the molecule is Cn1c2c(c3ccccc31)=CNCC=2. The number of aryl methyl sites for hydroxylation is 1. The minimum Gasteiger partial charge on any atom is -0.387 e. The molecule has 1 N–H and O–H groups in total. The zero-order valence-corrected chi connectivity index (χ0v) is 8.12. The molecule has 1 aliphatic rings. The van der Waals surface area contributed by atoms with Gasteiger partial charge in [0.15, 0.2) is 0 Å². The average molecular weight is 184 g/mol. The van der Waals surface area contributed by atoms with Crippen molar-refractivity contribution < 1.29 is 0 Å². The molecule has 2 heterocycles. The van der Waals surface area contributed by atoms with Crippen LogP contribution in [0.1, 0.15) is 0 Å². The van der Waals surface area contributed by atoms with Gasteiger partial charge in [-0.25, -0.2) is 0 Å². The van der Waals surface area contributed by atoms with E-state index in [1.165, 1.54) is 21.5 Å². The third kappa shape index (κ3) is 0.854. The number of rotatable bonds is 0. The van der Waals surface area contributed by atoms with Crippen LogP contribution in [-0.2, 0) is 7.05 Å². The highest BCUT2D eigenvalue weighted by molar-refractivity contribution is 5.82. The Hall–Kier alpha value is -1.70. The molecule has 14 heavy (non-hydrogen) atoms. The molecule has 1 aromatic carbocycles. The Morgan fingerprint density at radius 3 is 3.07 bits per heavy atom. The molecule has 0 bridgehead atoms. The number of hydrogen-bond acceptors (Lipinski definition) is 1. The highest BCUT2D eigenvalue weighted by Crippen LogP contribution is 2.06. The van der Waals surface area contributed by atoms with Gasteiger partial charge in [0.2, 0.25) is 0 Å². The van der Waals surface area contributed by atoms with Gasteiger partial charge in [0.1, 0.15) is 0 Å². The minimum absolute atomic E-state index is 0.928. The summed E-state index contributed by atoms with van der Waals surface area (Å²) >= 11 is 0. The summed E-state index contributed by atoms with van der Waals surface area (Å²) in [7, 11) is 2.12. The second kappa shape index (κ2) is 2.64. The van der Waals surface area contributed by atoms with Gasteiger partial charge in [-0.3, -0.25) is 0 Å². The number of nitrogens with zero attached hydrogens (tertiary/aromatic N) is 1. The number of para-hydroxylation sites is 1. The topological polar surface area (TPSA) is 17.0 Å². The quantitative estimate of drug-likeness (QED) is 0.623. The van der Waals surface area contributed by atoms with E-state index < -0.39 is 0 Å². The summed E-state index contributed by atoms with van der Waals surface area (Å²) in [6.07, 6.45) is 4.34. The third-order valence-corrected chi connectivity index (χ3v) is 2.85. The summed E-state index contributed by atoms with van der Waals surface area (Å²) in [5.74, 6) is 0. The van der Waals surface area contributed by atoms with Gasteiger partial charge in [-0.05, 0) is 12.1 Å². The smallest absolute Gasteiger partial charge is 0.0489 e. The van der Waals surface area contributed by atoms with E-state index in [0.29, 0.717) is 0 Å². The fourth-order valence-electron chi connectivity index (χ4n) is 2.16. The van der Waals surface area contributed by atoms with Crippen molar-refractivity contribution in [1.29, 1.82) is 0 Å². The van der Waals surface area contributed by atoms with Gasteiger partial charge in [-0.1, -0.05) is 18.2 Å². The first-order valence-electron chi connectivity index (χ1n) is 4.85. The molecule has 0 fully saturated rings. The van der Waals surface area contributed by atoms with Crippen LogP contribution in [0.3, 0.4) is 0 Å². The molecule has 0 aliphatic carbocycles. The van der Waals surface area contributed by atoms with E-state index in [1.807, 2.05) is 0 Å². The Kier molecular flexibility index (Phi) is 1.45. The fraction of sp³-hybridized carbons (Fsp3) is 0.167. The molecule has 2 aromatic rings. The van der Waals surface area contributed by atoms with Gasteiger partial charge in [-0.2, -0.15) is 0 Å². The summed E-state index contributed by atoms with van der Waals surface area (Å²) in [6, 6.07) is 8.51. The third-order valence-electron chi connectivity index (χ3n) is 2.85. The standard InChI is InChI=1S/C12H12N2/c1-14-11-5-3-2-4-9(11)10-8-13-7-6-12(10)14/h2-6,8,13H,7H2,1H3. The average Bonchev–Trinajstić information content (AvgIpc) is 2.55. The van der Waals surface area contributed by atoms with E-state index in [4.69, 9.17) is 0 Å². The second-order valence-corrected chi connectivity index (χ2v) is 3.63. The Labute approximate surface area is 82.2 Å². The van der Waals surface area contributed by atoms with Gasteiger partial charge in [0, 0.05) is 41.3 Å². The van der Waals surface area contributed by atoms with Crippen LogP contribution in [0.25, 0.3) is 23.2 Å². The molecule has 0 radical (unpaired) electrons. The maximum absolute atomic E-state index is 3.25. The zero-order chi connectivity index (χ0) is 9.54. The van der Waals surface area contributed by atoms with E-state index in [9.17, 15) is 0 Å². The number of nitrogens with one attached hydrogen (secondary N) is 1. The lowest BCUT2D eigenvalue weighted by molar-refractivity contribution is 0.906. The number of aromatic nitrogens is 1. The van der Waals surface area contributed by atoms with E-state index >= 15 is 0 Å². The Morgan fingerprint density at radius 2 is 2.14 bits per heavy atom. The molecule has 0 saturated heterocycles. The maximum atomic E-state index is 3.25. The molecule has 0 unspecified atom stereocenters. The molecule has 2 nitrogen and oxygen atoms in total. The van der Waals surface area contributed by atoms with Gasteiger partial charge in [0.25, 0.3) is 0 Å². The second-order valence-electron chi connectivity index (χ2n) is 3.63. The van der Waals surface area contributed by atoms with Crippen LogP contribution in [0.4, 0.5) is 0 Å². The monoisotopic (exact) mass is 184 g/mol. The molecular formula is C12H12N2. The molecule has 2 heteroatoms. The van der Waals surface area contributed by atoms with Crippen molar-refractivity contribution >= 4 is 23.2 Å². The molecule has 1 aliphatic heterocycles. The highest BCUT2D eigenvalue weighted by atomic mass is 14.9. The van der Waals surface area contributed by atoms with Crippen LogP contribution in [0.15, 0.2) is 24.3 Å². The molecule has 0 saturated carbocycles. The van der Waals surface area contributed by atoms with Gasteiger partial charge < -0.3 is 9.88 Å². The molecule has 70 valence electrons. The summed E-state index contributed by atoms with van der Waals surface area (Å²) in [5, 5.41) is 7.22. The van der Waals surface area contributed by atoms with Crippen molar-refractivity contribution in [2.45, 2.75) is 0 Å². The molecule has 0 amide bonds. The van der Waals surface area contributed by atoms with Crippen molar-refractivity contribution in [2.75, 3.05) is 6.54 Å². The minimum atomic E-state index is 0.928. The van der Waals surface area contributed by atoms with Gasteiger partial charge in [-0.15, -0.1) is 0 Å². The van der Waals surface area contributed by atoms with Crippen LogP contribution in [0.5, 0.6) is 0 Å². The van der Waals surface area contributed by atoms with Crippen molar-refractivity contribution in [3.8, 4) is 0 Å². The van der Waals surface area contributed by atoms with Crippen molar-refractivity contribution in [1.82, 2.24) is 9.88 Å².